The maximum absolute atomic E-state index is 12.1. The predicted molar refractivity (Wildman–Crippen MR) is 92.7 cm³/mol. The summed E-state index contributed by atoms with van der Waals surface area (Å²) in [6.07, 6.45) is 4.78. The Morgan fingerprint density at radius 3 is 2.68 bits per heavy atom. The summed E-state index contributed by atoms with van der Waals surface area (Å²) in [5.74, 6) is 0.862. The summed E-state index contributed by atoms with van der Waals surface area (Å²) in [7, 11) is -3.17. The highest BCUT2D eigenvalue weighted by atomic mass is 32.2. The monoisotopic (exact) mass is 333 g/mol. The van der Waals surface area contributed by atoms with Gasteiger partial charge < -0.3 is 0 Å². The van der Waals surface area contributed by atoms with Crippen LogP contribution in [0.15, 0.2) is 30.3 Å². The Balaban J connectivity index is 1.92. The fraction of sp³-hybridized carbons (Fsp3) is 0.412. The number of benzene rings is 2. The van der Waals surface area contributed by atoms with Gasteiger partial charge in [0.1, 0.15) is 0 Å². The molecule has 0 N–H and O–H groups in total. The smallest absolute Gasteiger partial charge is 0.212 e. The molecule has 2 aliphatic rings. The SMILES string of the molecule is CS(=O)(=O)N1CCS[C@@H]1c1ccc2c3c(cccc13)CCC2. The lowest BCUT2D eigenvalue weighted by atomic mass is 9.87. The lowest BCUT2D eigenvalue weighted by molar-refractivity contribution is 0.440. The minimum Gasteiger partial charge on any atom is -0.212 e. The zero-order valence-corrected chi connectivity index (χ0v) is 14.2. The van der Waals surface area contributed by atoms with Crippen molar-refractivity contribution in [3.05, 3.63) is 47.0 Å². The van der Waals surface area contributed by atoms with Gasteiger partial charge in [-0.1, -0.05) is 30.3 Å². The van der Waals surface area contributed by atoms with Crippen LogP contribution < -0.4 is 0 Å². The van der Waals surface area contributed by atoms with Crippen molar-refractivity contribution in [1.29, 1.82) is 0 Å². The predicted octanol–water partition coefficient (Wildman–Crippen LogP) is 3.34. The molecule has 116 valence electrons. The van der Waals surface area contributed by atoms with Gasteiger partial charge in [0.25, 0.3) is 0 Å². The molecule has 5 heteroatoms. The van der Waals surface area contributed by atoms with Crippen molar-refractivity contribution < 1.29 is 8.42 Å². The summed E-state index contributed by atoms with van der Waals surface area (Å²) in [6, 6.07) is 10.8. The van der Waals surface area contributed by atoms with Crippen LogP contribution in [0, 0.1) is 0 Å². The van der Waals surface area contributed by atoms with Gasteiger partial charge in [0.05, 0.1) is 11.6 Å². The molecular formula is C17H19NO2S2. The second-order valence-electron chi connectivity index (χ2n) is 6.10. The van der Waals surface area contributed by atoms with Gasteiger partial charge in [-0.15, -0.1) is 11.8 Å². The van der Waals surface area contributed by atoms with Gasteiger partial charge in [0.2, 0.25) is 10.0 Å². The lowest BCUT2D eigenvalue weighted by Crippen LogP contribution is -2.29. The van der Waals surface area contributed by atoms with Crippen LogP contribution in [0.2, 0.25) is 0 Å². The molecule has 22 heavy (non-hydrogen) atoms. The fourth-order valence-corrected chi connectivity index (χ4v) is 6.56. The van der Waals surface area contributed by atoms with Crippen molar-refractivity contribution in [2.75, 3.05) is 18.6 Å². The maximum atomic E-state index is 12.1. The summed E-state index contributed by atoms with van der Waals surface area (Å²) in [6.45, 7) is 0.608. The Kier molecular flexibility index (Phi) is 3.47. The number of hydrogen-bond acceptors (Lipinski definition) is 3. The van der Waals surface area contributed by atoms with E-state index in [-0.39, 0.29) is 5.37 Å². The van der Waals surface area contributed by atoms with E-state index in [1.807, 2.05) is 0 Å². The van der Waals surface area contributed by atoms with E-state index in [1.54, 1.807) is 16.1 Å². The second kappa shape index (κ2) is 5.25. The van der Waals surface area contributed by atoms with Gasteiger partial charge in [-0.3, -0.25) is 0 Å². The molecule has 0 radical (unpaired) electrons. The summed E-state index contributed by atoms with van der Waals surface area (Å²) >= 11 is 1.73. The summed E-state index contributed by atoms with van der Waals surface area (Å²) < 4.78 is 25.8. The molecule has 3 nitrogen and oxygen atoms in total. The normalized spacial score (nSPS) is 22.3. The van der Waals surface area contributed by atoms with Gasteiger partial charge in [-0.05, 0) is 46.7 Å². The number of hydrogen-bond donors (Lipinski definition) is 0. The van der Waals surface area contributed by atoms with E-state index in [0.29, 0.717) is 6.54 Å². The molecule has 1 atom stereocenters. The van der Waals surface area contributed by atoms with Crippen LogP contribution in [0.4, 0.5) is 0 Å². The van der Waals surface area contributed by atoms with Crippen LogP contribution in [-0.4, -0.2) is 31.3 Å². The van der Waals surface area contributed by atoms with Crippen molar-refractivity contribution >= 4 is 32.6 Å². The first-order valence-corrected chi connectivity index (χ1v) is 10.6. The van der Waals surface area contributed by atoms with E-state index >= 15 is 0 Å². The summed E-state index contributed by atoms with van der Waals surface area (Å²) in [4.78, 5) is 0. The van der Waals surface area contributed by atoms with E-state index < -0.39 is 10.0 Å². The number of aryl methyl sites for hydroxylation is 2. The molecular weight excluding hydrogens is 314 g/mol. The Morgan fingerprint density at radius 2 is 1.91 bits per heavy atom. The standard InChI is InChI=1S/C17H19NO2S2/c1-22(19,20)18-10-11-21-17(18)15-9-8-13-5-2-4-12-6-3-7-14(15)16(12)13/h3,6-9,17H,2,4-5,10-11H2,1H3/t17-/m1/s1. The topological polar surface area (TPSA) is 37.4 Å². The molecule has 0 bridgehead atoms. The summed E-state index contributed by atoms with van der Waals surface area (Å²) in [5.41, 5.74) is 3.97. The highest BCUT2D eigenvalue weighted by Crippen LogP contribution is 2.44. The zero-order valence-electron chi connectivity index (χ0n) is 12.6. The third-order valence-electron chi connectivity index (χ3n) is 4.68. The van der Waals surface area contributed by atoms with Gasteiger partial charge in [0.15, 0.2) is 0 Å². The second-order valence-corrected chi connectivity index (χ2v) is 9.23. The molecule has 1 fully saturated rings. The van der Waals surface area contributed by atoms with E-state index in [0.717, 1.165) is 24.2 Å². The van der Waals surface area contributed by atoms with Crippen LogP contribution in [0.1, 0.15) is 28.5 Å². The molecule has 1 aliphatic heterocycles. The number of rotatable bonds is 2. The van der Waals surface area contributed by atoms with Crippen LogP contribution in [0.3, 0.4) is 0 Å². The minimum atomic E-state index is -3.17. The first-order chi connectivity index (χ1) is 10.6. The first-order valence-electron chi connectivity index (χ1n) is 7.67. The van der Waals surface area contributed by atoms with Crippen molar-refractivity contribution in [2.45, 2.75) is 24.6 Å². The van der Waals surface area contributed by atoms with Crippen molar-refractivity contribution in [1.82, 2.24) is 4.31 Å². The van der Waals surface area contributed by atoms with E-state index in [4.69, 9.17) is 0 Å². The van der Waals surface area contributed by atoms with Crippen molar-refractivity contribution in [3.63, 3.8) is 0 Å². The van der Waals surface area contributed by atoms with Crippen LogP contribution in [0.5, 0.6) is 0 Å². The molecule has 2 aromatic carbocycles. The first kappa shape index (κ1) is 14.5. The van der Waals surface area contributed by atoms with Crippen molar-refractivity contribution in [2.24, 2.45) is 0 Å². The molecule has 1 aliphatic carbocycles. The Morgan fingerprint density at radius 1 is 1.14 bits per heavy atom. The van der Waals surface area contributed by atoms with Crippen LogP contribution in [-0.2, 0) is 22.9 Å². The summed E-state index contributed by atoms with van der Waals surface area (Å²) in [5, 5.41) is 2.52. The molecule has 0 aromatic heterocycles. The van der Waals surface area contributed by atoms with Crippen LogP contribution >= 0.6 is 11.8 Å². The Hall–Kier alpha value is -1.04. The molecule has 0 unspecified atom stereocenters. The van der Waals surface area contributed by atoms with E-state index in [2.05, 4.69) is 30.3 Å². The van der Waals surface area contributed by atoms with Crippen LogP contribution in [0.25, 0.3) is 10.8 Å². The van der Waals surface area contributed by atoms with E-state index in [1.165, 1.54) is 34.6 Å². The fourth-order valence-electron chi connectivity index (χ4n) is 3.72. The highest BCUT2D eigenvalue weighted by molar-refractivity contribution is 8.00. The van der Waals surface area contributed by atoms with Gasteiger partial charge in [-0.2, -0.15) is 4.31 Å². The quantitative estimate of drug-likeness (QED) is 0.846. The molecule has 1 saturated heterocycles. The van der Waals surface area contributed by atoms with Gasteiger partial charge >= 0.3 is 0 Å². The molecule has 2 aromatic rings. The lowest BCUT2D eigenvalue weighted by Gasteiger charge is -2.25. The molecule has 4 rings (SSSR count). The molecule has 1 heterocycles. The third kappa shape index (κ3) is 2.27. The average Bonchev–Trinajstić information content (AvgIpc) is 2.98. The maximum Gasteiger partial charge on any atom is 0.212 e. The Bertz CT molecular complexity index is 835. The largest absolute Gasteiger partial charge is 0.212 e. The Labute approximate surface area is 135 Å². The number of sulfonamides is 1. The van der Waals surface area contributed by atoms with E-state index in [9.17, 15) is 8.42 Å². The number of nitrogens with zero attached hydrogens (tertiary/aromatic N) is 1. The molecule has 0 saturated carbocycles. The minimum absolute atomic E-state index is 0.0822. The molecule has 0 amide bonds. The van der Waals surface area contributed by atoms with Gasteiger partial charge in [-0.25, -0.2) is 8.42 Å². The van der Waals surface area contributed by atoms with Crippen molar-refractivity contribution in [3.8, 4) is 0 Å². The zero-order chi connectivity index (χ0) is 15.3. The third-order valence-corrected chi connectivity index (χ3v) is 7.30. The average molecular weight is 333 g/mol. The highest BCUT2D eigenvalue weighted by Gasteiger charge is 2.34. The van der Waals surface area contributed by atoms with Gasteiger partial charge in [0, 0.05) is 12.3 Å². The molecule has 0 spiro atoms. The number of thioether (sulfide) groups is 1.